The third kappa shape index (κ3) is 5.58. The largest absolute Gasteiger partial charge is 0.383 e. The number of thiophene rings is 1. The molecule has 0 bridgehead atoms. The van der Waals surface area contributed by atoms with Crippen LogP contribution < -0.4 is 0 Å². The maximum Gasteiger partial charge on any atom is 0.223 e. The van der Waals surface area contributed by atoms with Crippen LogP contribution in [-0.4, -0.2) is 36.9 Å². The number of benzene rings is 1. The first-order valence-corrected chi connectivity index (χ1v) is 8.82. The molecule has 0 aliphatic heterocycles. The molecule has 0 saturated carbocycles. The van der Waals surface area contributed by atoms with Gasteiger partial charge in [-0.15, -0.1) is 11.3 Å². The SMILES string of the molecule is COCCN(Cc1ccccc1)C(=O)CCC(=O)c1ccc(C)s1. The lowest BCUT2D eigenvalue weighted by molar-refractivity contribution is -0.132. The minimum atomic E-state index is -0.0162. The van der Waals surface area contributed by atoms with Crippen molar-refractivity contribution in [3.05, 3.63) is 57.8 Å². The van der Waals surface area contributed by atoms with Gasteiger partial charge >= 0.3 is 0 Å². The van der Waals surface area contributed by atoms with E-state index >= 15 is 0 Å². The molecule has 2 rings (SSSR count). The van der Waals surface area contributed by atoms with Crippen molar-refractivity contribution in [1.29, 1.82) is 0 Å². The summed E-state index contributed by atoms with van der Waals surface area (Å²) in [6, 6.07) is 13.6. The quantitative estimate of drug-likeness (QED) is 0.651. The molecule has 0 saturated heterocycles. The number of nitrogens with zero attached hydrogens (tertiary/aromatic N) is 1. The third-order valence-corrected chi connectivity index (χ3v) is 4.76. The van der Waals surface area contributed by atoms with Crippen LogP contribution in [0.5, 0.6) is 0 Å². The number of aryl methyl sites for hydroxylation is 1. The van der Waals surface area contributed by atoms with E-state index in [-0.39, 0.29) is 24.5 Å². The van der Waals surface area contributed by atoms with Gasteiger partial charge in [0.05, 0.1) is 11.5 Å². The summed E-state index contributed by atoms with van der Waals surface area (Å²) in [6.07, 6.45) is 0.476. The summed E-state index contributed by atoms with van der Waals surface area (Å²) in [6.45, 7) is 3.52. The molecule has 128 valence electrons. The van der Waals surface area contributed by atoms with Crippen LogP contribution in [0.4, 0.5) is 0 Å². The molecule has 0 aliphatic carbocycles. The first-order chi connectivity index (χ1) is 11.6. The van der Waals surface area contributed by atoms with Gasteiger partial charge in [0.25, 0.3) is 0 Å². The van der Waals surface area contributed by atoms with Gasteiger partial charge in [-0.05, 0) is 24.6 Å². The molecule has 1 aromatic carbocycles. The predicted octanol–water partition coefficient (Wildman–Crippen LogP) is 3.69. The van der Waals surface area contributed by atoms with Crippen molar-refractivity contribution in [3.63, 3.8) is 0 Å². The Labute approximate surface area is 147 Å². The number of hydrogen-bond acceptors (Lipinski definition) is 4. The highest BCUT2D eigenvalue weighted by molar-refractivity contribution is 7.14. The number of Topliss-reactive ketones (excluding diaryl/α,β-unsaturated/α-hetero) is 1. The second-order valence-corrected chi connectivity index (χ2v) is 6.92. The molecule has 0 unspecified atom stereocenters. The van der Waals surface area contributed by atoms with Crippen molar-refractivity contribution < 1.29 is 14.3 Å². The Morgan fingerprint density at radius 3 is 2.46 bits per heavy atom. The normalized spacial score (nSPS) is 10.6. The zero-order chi connectivity index (χ0) is 17.4. The maximum absolute atomic E-state index is 12.5. The van der Waals surface area contributed by atoms with E-state index in [1.165, 1.54) is 11.3 Å². The second-order valence-electron chi connectivity index (χ2n) is 5.63. The fraction of sp³-hybridized carbons (Fsp3) is 0.368. The summed E-state index contributed by atoms with van der Waals surface area (Å²) in [5, 5.41) is 0. The highest BCUT2D eigenvalue weighted by atomic mass is 32.1. The third-order valence-electron chi connectivity index (χ3n) is 3.72. The summed E-state index contributed by atoms with van der Waals surface area (Å²) in [4.78, 5) is 28.3. The molecule has 0 atom stereocenters. The van der Waals surface area contributed by atoms with Crippen LogP contribution in [0.15, 0.2) is 42.5 Å². The maximum atomic E-state index is 12.5. The second kappa shape index (κ2) is 9.35. The van der Waals surface area contributed by atoms with Crippen LogP contribution in [0.2, 0.25) is 0 Å². The molecule has 0 radical (unpaired) electrons. The van der Waals surface area contributed by atoms with Gasteiger partial charge in [0.15, 0.2) is 5.78 Å². The van der Waals surface area contributed by atoms with Crippen LogP contribution in [0.25, 0.3) is 0 Å². The number of hydrogen-bond donors (Lipinski definition) is 0. The van der Waals surface area contributed by atoms with Crippen molar-refractivity contribution in [3.8, 4) is 0 Å². The first-order valence-electron chi connectivity index (χ1n) is 8.00. The van der Waals surface area contributed by atoms with Gasteiger partial charge in [0.2, 0.25) is 5.91 Å². The van der Waals surface area contributed by atoms with Crippen LogP contribution in [0.3, 0.4) is 0 Å². The van der Waals surface area contributed by atoms with Crippen LogP contribution >= 0.6 is 11.3 Å². The smallest absolute Gasteiger partial charge is 0.223 e. The Bertz CT molecular complexity index is 666. The monoisotopic (exact) mass is 345 g/mol. The Balaban J connectivity index is 1.93. The molecule has 0 spiro atoms. The average Bonchev–Trinajstić information content (AvgIpc) is 3.03. The molecule has 0 fully saturated rings. The van der Waals surface area contributed by atoms with Crippen LogP contribution in [0.1, 0.15) is 33.0 Å². The van der Waals surface area contributed by atoms with E-state index < -0.39 is 0 Å². The van der Waals surface area contributed by atoms with Crippen molar-refractivity contribution in [1.82, 2.24) is 4.90 Å². The van der Waals surface area contributed by atoms with Gasteiger partial charge in [0, 0.05) is 37.9 Å². The van der Waals surface area contributed by atoms with Crippen molar-refractivity contribution in [2.24, 2.45) is 0 Å². The number of carbonyl (C=O) groups excluding carboxylic acids is 2. The molecule has 5 heteroatoms. The number of amides is 1. The van der Waals surface area contributed by atoms with Crippen molar-refractivity contribution in [2.75, 3.05) is 20.3 Å². The standard InChI is InChI=1S/C19H23NO3S/c1-15-8-10-18(24-15)17(21)9-11-19(22)20(12-13-23-2)14-16-6-4-3-5-7-16/h3-8,10H,9,11-14H2,1-2H3. The molecule has 2 aromatic rings. The molecule has 0 aliphatic rings. The van der Waals surface area contributed by atoms with Gasteiger partial charge in [-0.25, -0.2) is 0 Å². The van der Waals surface area contributed by atoms with E-state index in [0.717, 1.165) is 15.3 Å². The average molecular weight is 345 g/mol. The minimum Gasteiger partial charge on any atom is -0.383 e. The lowest BCUT2D eigenvalue weighted by Crippen LogP contribution is -2.33. The summed E-state index contributed by atoms with van der Waals surface area (Å²) in [5.41, 5.74) is 1.07. The van der Waals surface area contributed by atoms with E-state index in [2.05, 4.69) is 0 Å². The summed E-state index contributed by atoms with van der Waals surface area (Å²) >= 11 is 1.48. The number of ketones is 1. The lowest BCUT2D eigenvalue weighted by Gasteiger charge is -2.22. The highest BCUT2D eigenvalue weighted by Gasteiger charge is 2.16. The van der Waals surface area contributed by atoms with E-state index in [4.69, 9.17) is 4.74 Å². The highest BCUT2D eigenvalue weighted by Crippen LogP contribution is 2.18. The van der Waals surface area contributed by atoms with E-state index in [1.54, 1.807) is 12.0 Å². The Morgan fingerprint density at radius 1 is 1.08 bits per heavy atom. The fourth-order valence-electron chi connectivity index (χ4n) is 2.38. The van der Waals surface area contributed by atoms with Gasteiger partial charge < -0.3 is 9.64 Å². The molecular weight excluding hydrogens is 322 g/mol. The van der Waals surface area contributed by atoms with Crippen LogP contribution in [-0.2, 0) is 16.1 Å². The van der Waals surface area contributed by atoms with Gasteiger partial charge in [-0.2, -0.15) is 0 Å². The molecule has 1 aromatic heterocycles. The summed E-state index contributed by atoms with van der Waals surface area (Å²) < 4.78 is 5.10. The molecule has 1 amide bonds. The molecule has 0 N–H and O–H groups in total. The minimum absolute atomic E-state index is 0.0162. The molecule has 4 nitrogen and oxygen atoms in total. The topological polar surface area (TPSA) is 46.6 Å². The van der Waals surface area contributed by atoms with Crippen LogP contribution in [0, 0.1) is 6.92 Å². The van der Waals surface area contributed by atoms with E-state index in [1.807, 2.05) is 49.4 Å². The summed E-state index contributed by atoms with van der Waals surface area (Å²) in [5.74, 6) is 0.0189. The number of carbonyl (C=O) groups is 2. The van der Waals surface area contributed by atoms with Gasteiger partial charge in [-0.1, -0.05) is 30.3 Å². The number of methoxy groups -OCH3 is 1. The summed E-state index contributed by atoms with van der Waals surface area (Å²) in [7, 11) is 1.62. The Morgan fingerprint density at radius 2 is 1.83 bits per heavy atom. The predicted molar refractivity (Wildman–Crippen MR) is 96.4 cm³/mol. The van der Waals surface area contributed by atoms with Crippen molar-refractivity contribution in [2.45, 2.75) is 26.3 Å². The number of rotatable bonds is 9. The molecule has 1 heterocycles. The Hall–Kier alpha value is -1.98. The fourth-order valence-corrected chi connectivity index (χ4v) is 3.22. The van der Waals surface area contributed by atoms with Crippen molar-refractivity contribution >= 4 is 23.0 Å². The zero-order valence-electron chi connectivity index (χ0n) is 14.2. The Kier molecular flexibility index (Phi) is 7.15. The number of ether oxygens (including phenoxy) is 1. The van der Waals surface area contributed by atoms with E-state index in [9.17, 15) is 9.59 Å². The first kappa shape index (κ1) is 18.4. The van der Waals surface area contributed by atoms with Gasteiger partial charge in [0.1, 0.15) is 0 Å². The van der Waals surface area contributed by atoms with Gasteiger partial charge in [-0.3, -0.25) is 9.59 Å². The van der Waals surface area contributed by atoms with E-state index in [0.29, 0.717) is 19.7 Å². The lowest BCUT2D eigenvalue weighted by atomic mass is 10.1. The zero-order valence-corrected chi connectivity index (χ0v) is 15.0. The molecule has 24 heavy (non-hydrogen) atoms. The molecular formula is C19H23NO3S.